The fraction of sp³-hybridized carbons (Fsp3) is 0.674. The summed E-state index contributed by atoms with van der Waals surface area (Å²) in [6, 6.07) is 8.69. The third-order valence-corrected chi connectivity index (χ3v) is 10.3. The largest absolute Gasteiger partial charge is 0.492 e. The van der Waals surface area contributed by atoms with E-state index in [0.717, 1.165) is 58.6 Å². The van der Waals surface area contributed by atoms with Crippen molar-refractivity contribution in [3.05, 3.63) is 58.1 Å². The molecule has 1 heterocycles. The number of hydrogen-bond acceptors (Lipinski definition) is 5. The fourth-order valence-corrected chi connectivity index (χ4v) is 7.14. The number of carbonyl (C=O) groups excluding carboxylic acids is 2. The molecule has 0 spiro atoms. The van der Waals surface area contributed by atoms with Gasteiger partial charge in [-0.1, -0.05) is 116 Å². The minimum Gasteiger partial charge on any atom is -0.492 e. The van der Waals surface area contributed by atoms with Crippen molar-refractivity contribution in [2.45, 2.75) is 158 Å². The molecular weight excluding hydrogens is 610 g/mol. The molecule has 6 nitrogen and oxygen atoms in total. The van der Waals surface area contributed by atoms with Gasteiger partial charge in [-0.25, -0.2) is 9.59 Å². The molecule has 2 aromatic rings. The first kappa shape index (κ1) is 40.4. The molecule has 2 aromatic carbocycles. The van der Waals surface area contributed by atoms with Gasteiger partial charge >= 0.3 is 12.1 Å². The Morgan fingerprint density at radius 3 is 2.04 bits per heavy atom. The molecule has 0 saturated carbocycles. The van der Waals surface area contributed by atoms with E-state index in [1.54, 1.807) is 20.8 Å². The van der Waals surface area contributed by atoms with Gasteiger partial charge in [-0.15, -0.1) is 0 Å². The molecule has 1 N–H and O–H groups in total. The van der Waals surface area contributed by atoms with Gasteiger partial charge in [0, 0.05) is 17.4 Å². The number of amides is 1. The number of fused-ring (bicyclic) bond motifs is 1. The second-order valence-corrected chi connectivity index (χ2v) is 17.0. The van der Waals surface area contributed by atoms with Gasteiger partial charge in [0.2, 0.25) is 0 Å². The number of esters is 1. The SMILES string of the molecule is Cc1c(C)c(OC(=O)[C@@H](Cc2ccccc2)NC(=O)OC(C)(C)C)c(C)c2c1C[C@@](C)(CCC[C@H](C)CCC[C@H](C)CCCC(C)C)CO2. The van der Waals surface area contributed by atoms with Crippen LogP contribution in [0.5, 0.6) is 11.5 Å². The number of carbonyl (C=O) groups is 2. The van der Waals surface area contributed by atoms with Gasteiger partial charge in [-0.3, -0.25) is 0 Å². The molecule has 1 aliphatic rings. The van der Waals surface area contributed by atoms with E-state index in [-0.39, 0.29) is 11.8 Å². The summed E-state index contributed by atoms with van der Waals surface area (Å²) in [6.45, 7) is 24.0. The van der Waals surface area contributed by atoms with Crippen LogP contribution in [-0.2, 0) is 22.4 Å². The van der Waals surface area contributed by atoms with Crippen molar-refractivity contribution in [1.29, 1.82) is 0 Å². The first-order valence-electron chi connectivity index (χ1n) is 19.0. The van der Waals surface area contributed by atoms with E-state index >= 15 is 0 Å². The quantitative estimate of drug-likeness (QED) is 0.133. The van der Waals surface area contributed by atoms with Crippen molar-refractivity contribution in [3.8, 4) is 11.5 Å². The average Bonchev–Trinajstić information content (AvgIpc) is 3.01. The maximum atomic E-state index is 13.7. The molecule has 6 heteroatoms. The smallest absolute Gasteiger partial charge is 0.408 e. The van der Waals surface area contributed by atoms with Crippen LogP contribution in [0.1, 0.15) is 141 Å². The summed E-state index contributed by atoms with van der Waals surface area (Å²) in [4.78, 5) is 26.4. The maximum absolute atomic E-state index is 13.7. The van der Waals surface area contributed by atoms with Crippen LogP contribution >= 0.6 is 0 Å². The van der Waals surface area contributed by atoms with Crippen LogP contribution in [0.25, 0.3) is 0 Å². The zero-order valence-electron chi connectivity index (χ0n) is 32.7. The van der Waals surface area contributed by atoms with Gasteiger partial charge in [0.05, 0.1) is 6.61 Å². The van der Waals surface area contributed by atoms with Gasteiger partial charge in [0.25, 0.3) is 0 Å². The molecule has 0 unspecified atom stereocenters. The third kappa shape index (κ3) is 13.0. The summed E-state index contributed by atoms with van der Waals surface area (Å²) in [5.74, 6) is 3.22. The Balaban J connectivity index is 1.62. The average molecular weight is 678 g/mol. The minimum absolute atomic E-state index is 0.0671. The van der Waals surface area contributed by atoms with Crippen LogP contribution in [0.3, 0.4) is 0 Å². The predicted octanol–water partition coefficient (Wildman–Crippen LogP) is 11.0. The molecule has 3 rings (SSSR count). The number of hydrogen-bond donors (Lipinski definition) is 1. The predicted molar refractivity (Wildman–Crippen MR) is 202 cm³/mol. The molecule has 0 bridgehead atoms. The van der Waals surface area contributed by atoms with Crippen LogP contribution in [-0.4, -0.2) is 30.3 Å². The Morgan fingerprint density at radius 1 is 0.857 bits per heavy atom. The van der Waals surface area contributed by atoms with Crippen molar-refractivity contribution in [3.63, 3.8) is 0 Å². The Morgan fingerprint density at radius 2 is 1.45 bits per heavy atom. The minimum atomic E-state index is -0.919. The molecule has 0 aliphatic carbocycles. The zero-order chi connectivity index (χ0) is 36.4. The molecule has 0 radical (unpaired) electrons. The van der Waals surface area contributed by atoms with Crippen molar-refractivity contribution < 1.29 is 23.8 Å². The van der Waals surface area contributed by atoms with E-state index in [1.807, 2.05) is 44.2 Å². The summed E-state index contributed by atoms with van der Waals surface area (Å²) in [5.41, 5.74) is 4.37. The Hall–Kier alpha value is -3.02. The molecule has 49 heavy (non-hydrogen) atoms. The lowest BCUT2D eigenvalue weighted by molar-refractivity contribution is -0.136. The summed E-state index contributed by atoms with van der Waals surface area (Å²) < 4.78 is 18.1. The third-order valence-electron chi connectivity index (χ3n) is 10.3. The topological polar surface area (TPSA) is 73.9 Å². The lowest BCUT2D eigenvalue weighted by atomic mass is 9.75. The number of nitrogens with one attached hydrogen (secondary N) is 1. The highest BCUT2D eigenvalue weighted by atomic mass is 16.6. The van der Waals surface area contributed by atoms with Crippen LogP contribution < -0.4 is 14.8 Å². The summed E-state index contributed by atoms with van der Waals surface area (Å²) >= 11 is 0. The van der Waals surface area contributed by atoms with E-state index in [1.165, 1.54) is 56.9 Å². The van der Waals surface area contributed by atoms with Gasteiger partial charge in [-0.2, -0.15) is 0 Å². The van der Waals surface area contributed by atoms with Gasteiger partial charge in [0.1, 0.15) is 23.1 Å². The maximum Gasteiger partial charge on any atom is 0.408 e. The lowest BCUT2D eigenvalue weighted by Gasteiger charge is -2.37. The number of rotatable bonds is 17. The standard InChI is InChI=1S/C43H67NO5/c1-29(2)18-15-19-30(3)20-16-21-31(4)22-17-25-43(11)27-36-32(5)33(6)38(34(7)39(36)47-28-43)48-40(45)37(26-35-23-13-12-14-24-35)44-41(46)49-42(8,9)10/h12-14,23-24,29-31,37H,15-22,25-28H2,1-11H3,(H,44,46)/t30-,31-,37-,43-/m1/s1. The Labute approximate surface area is 298 Å². The monoisotopic (exact) mass is 678 g/mol. The summed E-state index contributed by atoms with van der Waals surface area (Å²) in [7, 11) is 0. The molecule has 0 aromatic heterocycles. The van der Waals surface area contributed by atoms with Gasteiger partial charge < -0.3 is 19.5 Å². The highest BCUT2D eigenvalue weighted by Crippen LogP contribution is 2.46. The molecule has 4 atom stereocenters. The number of benzene rings is 2. The van der Waals surface area contributed by atoms with Crippen LogP contribution in [0.2, 0.25) is 0 Å². The van der Waals surface area contributed by atoms with Crippen LogP contribution in [0.15, 0.2) is 30.3 Å². The van der Waals surface area contributed by atoms with E-state index in [2.05, 4.69) is 46.9 Å². The second kappa shape index (κ2) is 18.3. The molecule has 0 fully saturated rings. The zero-order valence-corrected chi connectivity index (χ0v) is 32.7. The van der Waals surface area contributed by atoms with E-state index in [0.29, 0.717) is 12.4 Å². The number of alkyl carbamates (subject to hydrolysis) is 1. The highest BCUT2D eigenvalue weighted by Gasteiger charge is 2.35. The summed E-state index contributed by atoms with van der Waals surface area (Å²) in [6.07, 6.45) is 12.3. The molecule has 274 valence electrons. The summed E-state index contributed by atoms with van der Waals surface area (Å²) in [5, 5.41) is 2.76. The molecular formula is C43H67NO5. The van der Waals surface area contributed by atoms with Crippen LogP contribution in [0.4, 0.5) is 4.79 Å². The molecule has 1 aliphatic heterocycles. The van der Waals surface area contributed by atoms with Crippen molar-refractivity contribution in [2.75, 3.05) is 6.61 Å². The van der Waals surface area contributed by atoms with Crippen molar-refractivity contribution in [2.24, 2.45) is 23.2 Å². The Bertz CT molecular complexity index is 1360. The first-order chi connectivity index (χ1) is 23.0. The Kier molecular flexibility index (Phi) is 15.1. The lowest BCUT2D eigenvalue weighted by Crippen LogP contribution is -2.46. The first-order valence-corrected chi connectivity index (χ1v) is 19.0. The normalized spacial score (nSPS) is 17.9. The second-order valence-electron chi connectivity index (χ2n) is 17.0. The van der Waals surface area contributed by atoms with Crippen LogP contribution in [0, 0.1) is 43.9 Å². The molecule has 1 amide bonds. The highest BCUT2D eigenvalue weighted by molar-refractivity contribution is 5.84. The van der Waals surface area contributed by atoms with E-state index < -0.39 is 23.7 Å². The molecule has 0 saturated heterocycles. The van der Waals surface area contributed by atoms with Crippen molar-refractivity contribution >= 4 is 12.1 Å². The van der Waals surface area contributed by atoms with E-state index in [4.69, 9.17) is 14.2 Å². The van der Waals surface area contributed by atoms with Crippen molar-refractivity contribution in [1.82, 2.24) is 5.32 Å². The number of ether oxygens (including phenoxy) is 3. The van der Waals surface area contributed by atoms with Gasteiger partial charge in [0.15, 0.2) is 0 Å². The van der Waals surface area contributed by atoms with E-state index in [9.17, 15) is 9.59 Å². The van der Waals surface area contributed by atoms with Gasteiger partial charge in [-0.05, 0) is 94.4 Å². The fourth-order valence-electron chi connectivity index (χ4n) is 7.14.